The van der Waals surface area contributed by atoms with E-state index in [1.54, 1.807) is 6.92 Å². The molecular weight excluding hydrogens is 226 g/mol. The summed E-state index contributed by atoms with van der Waals surface area (Å²) < 4.78 is 6.37. The van der Waals surface area contributed by atoms with Gasteiger partial charge in [0, 0.05) is 0 Å². The van der Waals surface area contributed by atoms with Crippen molar-refractivity contribution in [3.8, 4) is 0 Å². The monoisotopic (exact) mass is 239 g/mol. The Morgan fingerprint density at radius 3 is 2.82 bits per heavy atom. The maximum atomic E-state index is 11.9. The van der Waals surface area contributed by atoms with Crippen LogP contribution >= 0.6 is 0 Å². The number of nitrogens with zero attached hydrogens (tertiary/aromatic N) is 3. The third kappa shape index (κ3) is 1.77. The van der Waals surface area contributed by atoms with Crippen molar-refractivity contribution in [2.75, 3.05) is 6.61 Å². The predicted molar refractivity (Wildman–Crippen MR) is 57.3 cm³/mol. The number of carbonyl (C=O) groups is 1. The highest BCUT2D eigenvalue weighted by molar-refractivity contribution is 5.79. The quantitative estimate of drug-likeness (QED) is 0.448. The maximum Gasteiger partial charge on any atom is 0.334 e. The van der Waals surface area contributed by atoms with Crippen LogP contribution in [0.15, 0.2) is 12.4 Å². The molecule has 1 saturated carbocycles. The van der Waals surface area contributed by atoms with Gasteiger partial charge >= 0.3 is 11.7 Å². The Morgan fingerprint density at radius 1 is 1.71 bits per heavy atom. The lowest BCUT2D eigenvalue weighted by Crippen LogP contribution is -2.49. The minimum Gasteiger partial charge on any atom is -0.464 e. The third-order valence-electron chi connectivity index (χ3n) is 3.05. The fourth-order valence-corrected chi connectivity index (χ4v) is 1.95. The Hall–Kier alpha value is -1.92. The molecule has 7 heteroatoms. The average molecular weight is 239 g/mol. The minimum atomic E-state index is -0.829. The number of nitro groups is 1. The van der Waals surface area contributed by atoms with Crippen molar-refractivity contribution in [1.82, 2.24) is 9.78 Å². The highest BCUT2D eigenvalue weighted by Gasteiger charge is 2.48. The smallest absolute Gasteiger partial charge is 0.334 e. The van der Waals surface area contributed by atoms with E-state index in [-0.39, 0.29) is 11.7 Å². The summed E-state index contributed by atoms with van der Waals surface area (Å²) in [5.41, 5.74) is -0.940. The van der Waals surface area contributed by atoms with Gasteiger partial charge in [0.1, 0.15) is 12.4 Å². The molecular formula is C10H13N3O4. The van der Waals surface area contributed by atoms with Gasteiger partial charge < -0.3 is 4.74 Å². The number of aromatic nitrogens is 2. The molecule has 1 fully saturated rings. The third-order valence-corrected chi connectivity index (χ3v) is 3.05. The van der Waals surface area contributed by atoms with E-state index in [0.717, 1.165) is 12.6 Å². The Balaban J connectivity index is 2.28. The first-order chi connectivity index (χ1) is 8.10. The summed E-state index contributed by atoms with van der Waals surface area (Å²) in [6, 6.07) is 0. The SMILES string of the molecule is CCOC(=O)C1(n2cc([N+](=O)[O-])cn2)CCC1. The van der Waals surface area contributed by atoms with Crippen LogP contribution in [0.5, 0.6) is 0 Å². The van der Waals surface area contributed by atoms with E-state index in [2.05, 4.69) is 5.10 Å². The van der Waals surface area contributed by atoms with Gasteiger partial charge in [-0.15, -0.1) is 0 Å². The average Bonchev–Trinajstić information content (AvgIpc) is 2.66. The first kappa shape index (κ1) is 11.6. The molecule has 0 unspecified atom stereocenters. The number of ether oxygens (including phenoxy) is 1. The van der Waals surface area contributed by atoms with E-state index in [9.17, 15) is 14.9 Å². The van der Waals surface area contributed by atoms with Crippen molar-refractivity contribution in [3.05, 3.63) is 22.5 Å². The highest BCUT2D eigenvalue weighted by Crippen LogP contribution is 2.40. The molecule has 0 N–H and O–H groups in total. The van der Waals surface area contributed by atoms with Crippen LogP contribution in [0.3, 0.4) is 0 Å². The Morgan fingerprint density at radius 2 is 2.41 bits per heavy atom. The molecule has 0 saturated heterocycles. The summed E-state index contributed by atoms with van der Waals surface area (Å²) in [5.74, 6) is -0.357. The maximum absolute atomic E-state index is 11.9. The number of hydrogen-bond acceptors (Lipinski definition) is 5. The zero-order chi connectivity index (χ0) is 12.5. The van der Waals surface area contributed by atoms with Gasteiger partial charge in [-0.2, -0.15) is 5.10 Å². The number of hydrogen-bond donors (Lipinski definition) is 0. The lowest BCUT2D eigenvalue weighted by molar-refractivity contribution is -0.385. The topological polar surface area (TPSA) is 87.3 Å². The summed E-state index contributed by atoms with van der Waals surface area (Å²) in [6.07, 6.45) is 4.57. The molecule has 1 aromatic heterocycles. The Labute approximate surface area is 97.5 Å². The van der Waals surface area contributed by atoms with Crippen molar-refractivity contribution in [2.45, 2.75) is 31.7 Å². The van der Waals surface area contributed by atoms with Crippen molar-refractivity contribution in [3.63, 3.8) is 0 Å². The second kappa shape index (κ2) is 4.15. The van der Waals surface area contributed by atoms with Crippen LogP contribution in [-0.2, 0) is 15.1 Å². The molecule has 0 bridgehead atoms. The van der Waals surface area contributed by atoms with Crippen molar-refractivity contribution in [1.29, 1.82) is 0 Å². The zero-order valence-electron chi connectivity index (χ0n) is 9.46. The second-order valence-corrected chi connectivity index (χ2v) is 4.01. The van der Waals surface area contributed by atoms with Crippen molar-refractivity contribution >= 4 is 11.7 Å². The van der Waals surface area contributed by atoms with E-state index >= 15 is 0 Å². The van der Waals surface area contributed by atoms with E-state index < -0.39 is 10.5 Å². The molecule has 92 valence electrons. The first-order valence-corrected chi connectivity index (χ1v) is 5.47. The van der Waals surface area contributed by atoms with Crippen molar-refractivity contribution < 1.29 is 14.5 Å². The van der Waals surface area contributed by atoms with Crippen LogP contribution in [0.4, 0.5) is 5.69 Å². The number of rotatable bonds is 4. The van der Waals surface area contributed by atoms with E-state index in [1.807, 2.05) is 0 Å². The Kier molecular flexibility index (Phi) is 2.83. The van der Waals surface area contributed by atoms with Crippen LogP contribution in [-0.4, -0.2) is 27.3 Å². The van der Waals surface area contributed by atoms with E-state index in [1.165, 1.54) is 10.9 Å². The highest BCUT2D eigenvalue weighted by atomic mass is 16.6. The van der Waals surface area contributed by atoms with Crippen LogP contribution < -0.4 is 0 Å². The van der Waals surface area contributed by atoms with E-state index in [4.69, 9.17) is 4.74 Å². The van der Waals surface area contributed by atoms with E-state index in [0.29, 0.717) is 19.4 Å². The molecule has 0 radical (unpaired) electrons. The summed E-state index contributed by atoms with van der Waals surface area (Å²) in [5, 5.41) is 14.5. The molecule has 1 aliphatic rings. The van der Waals surface area contributed by atoms with Gasteiger partial charge in [0.25, 0.3) is 0 Å². The standard InChI is InChI=1S/C10H13N3O4/c1-2-17-9(14)10(4-3-5-10)12-7-8(6-11-12)13(15)16/h6-7H,2-5H2,1H3. The molecule has 1 aliphatic carbocycles. The lowest BCUT2D eigenvalue weighted by Gasteiger charge is -2.38. The van der Waals surface area contributed by atoms with Gasteiger partial charge in [0.05, 0.1) is 11.5 Å². The van der Waals surface area contributed by atoms with Gasteiger partial charge in [0.15, 0.2) is 5.54 Å². The van der Waals surface area contributed by atoms with Gasteiger partial charge in [-0.25, -0.2) is 9.48 Å². The van der Waals surface area contributed by atoms with Gasteiger partial charge in [0.2, 0.25) is 0 Å². The van der Waals surface area contributed by atoms with Crippen molar-refractivity contribution in [2.24, 2.45) is 0 Å². The number of esters is 1. The van der Waals surface area contributed by atoms with Crippen LogP contribution in [0.25, 0.3) is 0 Å². The summed E-state index contributed by atoms with van der Waals surface area (Å²) in [4.78, 5) is 21.9. The molecule has 1 heterocycles. The molecule has 0 aromatic carbocycles. The van der Waals surface area contributed by atoms with Crippen LogP contribution in [0, 0.1) is 10.1 Å². The molecule has 2 rings (SSSR count). The zero-order valence-corrected chi connectivity index (χ0v) is 9.46. The largest absolute Gasteiger partial charge is 0.464 e. The molecule has 0 aliphatic heterocycles. The molecule has 0 atom stereocenters. The van der Waals surface area contributed by atoms with Gasteiger partial charge in [-0.05, 0) is 26.2 Å². The van der Waals surface area contributed by atoms with Gasteiger partial charge in [-0.3, -0.25) is 10.1 Å². The fraction of sp³-hybridized carbons (Fsp3) is 0.600. The lowest BCUT2D eigenvalue weighted by atomic mass is 9.77. The molecule has 17 heavy (non-hydrogen) atoms. The molecule has 0 amide bonds. The van der Waals surface area contributed by atoms with Gasteiger partial charge in [-0.1, -0.05) is 0 Å². The summed E-state index contributed by atoms with van der Waals surface area (Å²) in [7, 11) is 0. The van der Waals surface area contributed by atoms with Crippen LogP contribution in [0.1, 0.15) is 26.2 Å². The second-order valence-electron chi connectivity index (χ2n) is 4.01. The number of carbonyl (C=O) groups excluding carboxylic acids is 1. The first-order valence-electron chi connectivity index (χ1n) is 5.47. The summed E-state index contributed by atoms with van der Waals surface area (Å²) in [6.45, 7) is 2.03. The Bertz CT molecular complexity index is 450. The molecule has 7 nitrogen and oxygen atoms in total. The molecule has 1 aromatic rings. The molecule has 0 spiro atoms. The summed E-state index contributed by atoms with van der Waals surface area (Å²) >= 11 is 0. The predicted octanol–water partition coefficient (Wildman–Crippen LogP) is 1.23. The van der Waals surface area contributed by atoms with Crippen LogP contribution in [0.2, 0.25) is 0 Å². The fourth-order valence-electron chi connectivity index (χ4n) is 1.95. The minimum absolute atomic E-state index is 0.111. The normalized spacial score (nSPS) is 17.2.